The van der Waals surface area contributed by atoms with Gasteiger partial charge in [0.25, 0.3) is 0 Å². The highest BCUT2D eigenvalue weighted by Crippen LogP contribution is 2.35. The summed E-state index contributed by atoms with van der Waals surface area (Å²) in [6.07, 6.45) is 1.72. The molecule has 4 aromatic rings. The first-order chi connectivity index (χ1) is 20.2. The van der Waals surface area contributed by atoms with Crippen LogP contribution in [0.4, 0.5) is 21.9 Å². The molecule has 1 saturated heterocycles. The highest BCUT2D eigenvalue weighted by atomic mass is 16.5. The number of hydrogen-bond acceptors (Lipinski definition) is 5. The number of urea groups is 1. The number of nitrogens with one attached hydrogen (secondary N) is 2. The molecular weight excluding hydrogens is 522 g/mol. The Kier molecular flexibility index (Phi) is 8.59. The fourth-order valence-corrected chi connectivity index (χ4v) is 4.84. The monoisotopic (exact) mass is 561 g/mol. The van der Waals surface area contributed by atoms with E-state index in [4.69, 9.17) is 10.5 Å². The van der Waals surface area contributed by atoms with Gasteiger partial charge < -0.3 is 20.7 Å². The molecule has 216 valence electrons. The van der Waals surface area contributed by atoms with Gasteiger partial charge in [0, 0.05) is 41.4 Å². The number of aliphatic imine (C=N–C) groups is 1. The van der Waals surface area contributed by atoms with Crippen LogP contribution in [0.15, 0.2) is 102 Å². The summed E-state index contributed by atoms with van der Waals surface area (Å²) in [6, 6.07) is 28.1. The Labute approximate surface area is 248 Å². The molecule has 7 nitrogen and oxygen atoms in total. The lowest BCUT2D eigenvalue weighted by molar-refractivity contribution is 0.122. The molecule has 0 spiro atoms. The maximum absolute atomic E-state index is 13.3. The van der Waals surface area contributed by atoms with E-state index in [1.807, 2.05) is 76.2 Å². The van der Waals surface area contributed by atoms with Gasteiger partial charge >= 0.3 is 6.03 Å². The molecule has 1 fully saturated rings. The Morgan fingerprint density at radius 3 is 2.36 bits per heavy atom. The number of carbonyl (C=O) groups is 1. The van der Waals surface area contributed by atoms with Crippen molar-refractivity contribution in [2.24, 2.45) is 16.1 Å². The van der Waals surface area contributed by atoms with Gasteiger partial charge in [-0.2, -0.15) is 0 Å². The lowest BCUT2D eigenvalue weighted by Crippen LogP contribution is -2.36. The summed E-state index contributed by atoms with van der Waals surface area (Å²) in [7, 11) is 0. The number of nitrogens with zero attached hydrogens (tertiary/aromatic N) is 2. The quantitative estimate of drug-likeness (QED) is 0.175. The molecule has 2 amide bonds. The maximum atomic E-state index is 13.3. The van der Waals surface area contributed by atoms with E-state index in [9.17, 15) is 4.79 Å². The summed E-state index contributed by atoms with van der Waals surface area (Å²) in [6.45, 7) is 11.3. The zero-order valence-corrected chi connectivity index (χ0v) is 24.8. The zero-order chi connectivity index (χ0) is 29.7. The minimum atomic E-state index is -0.397. The normalized spacial score (nSPS) is 14.6. The van der Waals surface area contributed by atoms with Crippen molar-refractivity contribution >= 4 is 39.7 Å². The molecule has 7 heteroatoms. The van der Waals surface area contributed by atoms with Gasteiger partial charge in [-0.15, -0.1) is 0 Å². The number of carbonyl (C=O) groups excluding carboxylic acids is 1. The number of anilines is 2. The third kappa shape index (κ3) is 6.98. The molecular formula is C35H39N5O2. The van der Waals surface area contributed by atoms with E-state index >= 15 is 0 Å². The number of fused-ring (bicyclic) bond motifs is 1. The molecule has 0 bridgehead atoms. The maximum Gasteiger partial charge on any atom is 0.324 e. The van der Waals surface area contributed by atoms with Gasteiger partial charge in [-0.1, -0.05) is 80.9 Å². The number of benzene rings is 4. The molecule has 1 aliphatic heterocycles. The summed E-state index contributed by atoms with van der Waals surface area (Å²) in [5.74, 6) is 0.365. The van der Waals surface area contributed by atoms with Gasteiger partial charge in [0.05, 0.1) is 24.6 Å². The van der Waals surface area contributed by atoms with Gasteiger partial charge in [-0.3, -0.25) is 5.32 Å². The first-order valence-corrected chi connectivity index (χ1v) is 14.3. The second-order valence-corrected chi connectivity index (χ2v) is 11.6. The highest BCUT2D eigenvalue weighted by molar-refractivity contribution is 6.12. The summed E-state index contributed by atoms with van der Waals surface area (Å²) in [5.41, 5.74) is 12.7. The molecule has 1 aliphatic rings. The summed E-state index contributed by atoms with van der Waals surface area (Å²) >= 11 is 0. The molecule has 1 heterocycles. The van der Waals surface area contributed by atoms with Crippen molar-refractivity contribution in [2.45, 2.75) is 27.7 Å². The smallest absolute Gasteiger partial charge is 0.324 e. The van der Waals surface area contributed by atoms with E-state index < -0.39 is 6.03 Å². The van der Waals surface area contributed by atoms with Gasteiger partial charge in [0.1, 0.15) is 5.84 Å². The van der Waals surface area contributed by atoms with Crippen LogP contribution < -0.4 is 21.3 Å². The molecule has 0 saturated carbocycles. The molecule has 4 aromatic carbocycles. The average molecular weight is 562 g/mol. The number of amides is 2. The van der Waals surface area contributed by atoms with Crippen molar-refractivity contribution in [1.82, 2.24) is 5.32 Å². The Morgan fingerprint density at radius 2 is 1.64 bits per heavy atom. The number of ether oxygens (including phenoxy) is 1. The number of aryl methyl sites for hydroxylation is 1. The summed E-state index contributed by atoms with van der Waals surface area (Å²) < 4.78 is 5.53. The van der Waals surface area contributed by atoms with E-state index in [0.717, 1.165) is 59.5 Å². The van der Waals surface area contributed by atoms with E-state index in [2.05, 4.69) is 56.9 Å². The fourth-order valence-electron chi connectivity index (χ4n) is 4.84. The van der Waals surface area contributed by atoms with Crippen molar-refractivity contribution in [2.75, 3.05) is 36.5 Å². The van der Waals surface area contributed by atoms with E-state index in [-0.39, 0.29) is 5.41 Å². The molecule has 4 N–H and O–H groups in total. The highest BCUT2D eigenvalue weighted by Gasteiger charge is 2.17. The summed E-state index contributed by atoms with van der Waals surface area (Å²) in [4.78, 5) is 20.4. The molecule has 0 aliphatic carbocycles. The predicted molar refractivity (Wildman–Crippen MR) is 175 cm³/mol. The second-order valence-electron chi connectivity index (χ2n) is 11.6. The Morgan fingerprint density at radius 1 is 0.929 bits per heavy atom. The number of nitrogens with two attached hydrogens (primary N) is 1. The van der Waals surface area contributed by atoms with Gasteiger partial charge in [-0.25, -0.2) is 9.79 Å². The molecule has 42 heavy (non-hydrogen) atoms. The largest absolute Gasteiger partial charge is 0.401 e. The number of hydrogen-bond donors (Lipinski definition) is 3. The molecule has 0 radical (unpaired) electrons. The van der Waals surface area contributed by atoms with Crippen LogP contribution in [0.25, 0.3) is 21.9 Å². The van der Waals surface area contributed by atoms with Crippen LogP contribution in [0, 0.1) is 12.3 Å². The fraction of sp³-hybridized carbons (Fsp3) is 0.257. The van der Waals surface area contributed by atoms with Crippen LogP contribution >= 0.6 is 0 Å². The lowest BCUT2D eigenvalue weighted by atomic mass is 9.92. The van der Waals surface area contributed by atoms with E-state index in [0.29, 0.717) is 17.2 Å². The molecule has 0 aromatic heterocycles. The third-order valence-electron chi connectivity index (χ3n) is 7.39. The van der Waals surface area contributed by atoms with Gasteiger partial charge in [-0.05, 0) is 53.8 Å². The van der Waals surface area contributed by atoms with Crippen LogP contribution in [-0.4, -0.2) is 38.2 Å². The first kappa shape index (κ1) is 28.9. The summed E-state index contributed by atoms with van der Waals surface area (Å²) in [5, 5.41) is 7.96. The van der Waals surface area contributed by atoms with Crippen LogP contribution in [0.1, 0.15) is 26.3 Å². The van der Waals surface area contributed by atoms with Crippen molar-refractivity contribution in [3.63, 3.8) is 0 Å². The Bertz CT molecular complexity index is 1630. The Hall–Kier alpha value is -4.62. The van der Waals surface area contributed by atoms with Crippen molar-refractivity contribution in [1.29, 1.82) is 0 Å². The van der Waals surface area contributed by atoms with Crippen LogP contribution in [0.5, 0.6) is 0 Å². The molecule has 0 unspecified atom stereocenters. The topological polar surface area (TPSA) is 92.0 Å². The van der Waals surface area contributed by atoms with Crippen LogP contribution in [-0.2, 0) is 4.74 Å². The molecule has 5 rings (SSSR count). The number of morpholine rings is 1. The lowest BCUT2D eigenvalue weighted by Gasteiger charge is -2.29. The van der Waals surface area contributed by atoms with Crippen molar-refractivity contribution in [3.8, 4) is 11.1 Å². The van der Waals surface area contributed by atoms with Gasteiger partial charge in [0.15, 0.2) is 0 Å². The van der Waals surface area contributed by atoms with Gasteiger partial charge in [0.2, 0.25) is 0 Å². The second kappa shape index (κ2) is 12.5. The Balaban J connectivity index is 1.43. The van der Waals surface area contributed by atoms with Crippen LogP contribution in [0.2, 0.25) is 0 Å². The average Bonchev–Trinajstić information content (AvgIpc) is 2.98. The standard InChI is InChI=1S/C35H39N5O2/c1-24-12-14-26(15-13-24)37-33(23-32(36)35(2,3)4)39-34(41)38-31-17-16-28(29-10-5-6-11-30(29)31)25-8-7-9-27(22-25)40-18-20-42-21-19-40/h5-17,22-23H,18-21,36H2,1-4H3,(H2,37,38,39,41). The predicted octanol–water partition coefficient (Wildman–Crippen LogP) is 7.39. The zero-order valence-electron chi connectivity index (χ0n) is 24.8. The van der Waals surface area contributed by atoms with Crippen molar-refractivity contribution < 1.29 is 9.53 Å². The van der Waals surface area contributed by atoms with Crippen molar-refractivity contribution in [3.05, 3.63) is 102 Å². The minimum absolute atomic E-state index is 0.280. The molecule has 0 atom stereocenters. The minimum Gasteiger partial charge on any atom is -0.401 e. The third-order valence-corrected chi connectivity index (χ3v) is 7.39. The number of rotatable bonds is 5. The number of allylic oxidation sites excluding steroid dienone is 1. The van der Waals surface area contributed by atoms with Crippen LogP contribution in [0.3, 0.4) is 0 Å². The SMILES string of the molecule is Cc1ccc(N=C(C=C(N)C(C)(C)C)NC(=O)Nc2ccc(-c3cccc(N4CCOCC4)c3)c3ccccc23)cc1. The van der Waals surface area contributed by atoms with E-state index in [1.54, 1.807) is 6.08 Å². The first-order valence-electron chi connectivity index (χ1n) is 14.3. The number of amidine groups is 1. The van der Waals surface area contributed by atoms with E-state index in [1.165, 1.54) is 5.69 Å².